The molecule has 9 heteroatoms. The SMILES string of the molecule is C[C@H]1Cn2ncc(N3Cc4ccnn4CC3=O)c2CN1C(=O)OC(C)(C)C. The number of aromatic nitrogens is 4. The standard InChI is InChI=1S/C18H24N6O3/c1-12-8-24-15(10-21(12)17(26)27-18(2,3)4)14(7-20-24)22-9-13-5-6-19-23(13)11-16(22)25/h5-7,12H,8-11H2,1-4H3/t12-/m0/s1. The van der Waals surface area contributed by atoms with Crippen molar-refractivity contribution in [3.8, 4) is 0 Å². The first-order chi connectivity index (χ1) is 12.7. The Morgan fingerprint density at radius 3 is 2.70 bits per heavy atom. The summed E-state index contributed by atoms with van der Waals surface area (Å²) in [5.41, 5.74) is 2.01. The number of ether oxygens (including phenoxy) is 1. The smallest absolute Gasteiger partial charge is 0.410 e. The van der Waals surface area contributed by atoms with Crippen LogP contribution in [0.4, 0.5) is 10.5 Å². The molecule has 2 aromatic heterocycles. The van der Waals surface area contributed by atoms with Crippen LogP contribution in [0.25, 0.3) is 0 Å². The van der Waals surface area contributed by atoms with E-state index in [4.69, 9.17) is 4.74 Å². The third kappa shape index (κ3) is 3.17. The van der Waals surface area contributed by atoms with Gasteiger partial charge >= 0.3 is 6.09 Å². The summed E-state index contributed by atoms with van der Waals surface area (Å²) in [6.07, 6.45) is 3.06. The molecule has 0 aliphatic carbocycles. The fourth-order valence-electron chi connectivity index (χ4n) is 3.50. The largest absolute Gasteiger partial charge is 0.444 e. The van der Waals surface area contributed by atoms with Crippen LogP contribution in [0.1, 0.15) is 39.1 Å². The molecule has 2 amide bonds. The van der Waals surface area contributed by atoms with Crippen LogP contribution in [0.2, 0.25) is 0 Å². The molecular formula is C18H24N6O3. The molecule has 27 heavy (non-hydrogen) atoms. The molecule has 0 bridgehead atoms. The van der Waals surface area contributed by atoms with Crippen molar-refractivity contribution in [3.05, 3.63) is 29.8 Å². The molecule has 2 aromatic rings. The Labute approximate surface area is 157 Å². The van der Waals surface area contributed by atoms with Gasteiger partial charge in [0.15, 0.2) is 0 Å². The second-order valence-corrected chi connectivity index (χ2v) is 8.08. The second-order valence-electron chi connectivity index (χ2n) is 8.08. The zero-order chi connectivity index (χ0) is 19.3. The lowest BCUT2D eigenvalue weighted by atomic mass is 10.1. The molecule has 0 aromatic carbocycles. The number of hydrogen-bond acceptors (Lipinski definition) is 5. The van der Waals surface area contributed by atoms with Crippen molar-refractivity contribution in [2.75, 3.05) is 4.90 Å². The van der Waals surface area contributed by atoms with E-state index in [0.29, 0.717) is 19.6 Å². The zero-order valence-electron chi connectivity index (χ0n) is 16.0. The summed E-state index contributed by atoms with van der Waals surface area (Å²) in [6.45, 7) is 9.10. The summed E-state index contributed by atoms with van der Waals surface area (Å²) in [4.78, 5) is 28.7. The van der Waals surface area contributed by atoms with E-state index in [1.165, 1.54) is 0 Å². The molecule has 4 heterocycles. The summed E-state index contributed by atoms with van der Waals surface area (Å²) in [7, 11) is 0. The van der Waals surface area contributed by atoms with Gasteiger partial charge in [0.05, 0.1) is 48.9 Å². The average Bonchev–Trinajstić information content (AvgIpc) is 3.17. The second kappa shape index (κ2) is 6.11. The first-order valence-electron chi connectivity index (χ1n) is 9.08. The minimum Gasteiger partial charge on any atom is -0.444 e. The Bertz CT molecular complexity index is 893. The fraction of sp³-hybridized carbons (Fsp3) is 0.556. The molecule has 2 aliphatic rings. The Balaban J connectivity index is 1.61. The van der Waals surface area contributed by atoms with Crippen molar-refractivity contribution in [2.24, 2.45) is 0 Å². The molecule has 2 aliphatic heterocycles. The minimum atomic E-state index is -0.557. The molecule has 0 saturated carbocycles. The number of rotatable bonds is 1. The molecule has 9 nitrogen and oxygen atoms in total. The van der Waals surface area contributed by atoms with Crippen molar-refractivity contribution in [1.29, 1.82) is 0 Å². The number of carbonyl (C=O) groups is 2. The van der Waals surface area contributed by atoms with Crippen molar-refractivity contribution in [2.45, 2.75) is 65.5 Å². The van der Waals surface area contributed by atoms with Crippen molar-refractivity contribution < 1.29 is 14.3 Å². The van der Waals surface area contributed by atoms with Crippen molar-refractivity contribution in [3.63, 3.8) is 0 Å². The van der Waals surface area contributed by atoms with E-state index >= 15 is 0 Å². The van der Waals surface area contributed by atoms with Crippen molar-refractivity contribution in [1.82, 2.24) is 24.5 Å². The first-order valence-corrected chi connectivity index (χ1v) is 9.08. The van der Waals surface area contributed by atoms with Gasteiger partial charge in [-0.1, -0.05) is 0 Å². The fourth-order valence-corrected chi connectivity index (χ4v) is 3.50. The topological polar surface area (TPSA) is 85.5 Å². The van der Waals surface area contributed by atoms with Gasteiger partial charge in [0.25, 0.3) is 0 Å². The van der Waals surface area contributed by atoms with E-state index in [0.717, 1.165) is 17.1 Å². The maximum Gasteiger partial charge on any atom is 0.410 e. The Hall–Kier alpha value is -2.84. The molecule has 0 N–H and O–H groups in total. The third-order valence-corrected chi connectivity index (χ3v) is 4.85. The van der Waals surface area contributed by atoms with E-state index < -0.39 is 5.60 Å². The van der Waals surface area contributed by atoms with Gasteiger partial charge in [-0.05, 0) is 33.8 Å². The van der Waals surface area contributed by atoms with Gasteiger partial charge in [-0.2, -0.15) is 10.2 Å². The Morgan fingerprint density at radius 1 is 1.19 bits per heavy atom. The van der Waals surface area contributed by atoms with Crippen LogP contribution in [0.15, 0.2) is 18.5 Å². The summed E-state index contributed by atoms with van der Waals surface area (Å²) in [5.74, 6) is -0.0376. The number of hydrogen-bond donors (Lipinski definition) is 0. The lowest BCUT2D eigenvalue weighted by Gasteiger charge is -2.36. The molecule has 4 rings (SSSR count). The third-order valence-electron chi connectivity index (χ3n) is 4.85. The Kier molecular flexibility index (Phi) is 3.97. The van der Waals surface area contributed by atoms with Crippen LogP contribution in [0.5, 0.6) is 0 Å². The quantitative estimate of drug-likeness (QED) is 0.761. The average molecular weight is 372 g/mol. The van der Waals surface area contributed by atoms with E-state index in [1.54, 1.807) is 26.9 Å². The number of amides is 2. The van der Waals surface area contributed by atoms with Crippen LogP contribution in [-0.2, 0) is 35.7 Å². The molecule has 0 spiro atoms. The van der Waals surface area contributed by atoms with Gasteiger partial charge in [0.1, 0.15) is 12.1 Å². The van der Waals surface area contributed by atoms with Gasteiger partial charge in [0.2, 0.25) is 5.91 Å². The van der Waals surface area contributed by atoms with Gasteiger partial charge in [0, 0.05) is 6.20 Å². The van der Waals surface area contributed by atoms with Gasteiger partial charge < -0.3 is 9.64 Å². The summed E-state index contributed by atoms with van der Waals surface area (Å²) in [5, 5.41) is 8.62. The molecule has 0 fully saturated rings. The molecule has 0 saturated heterocycles. The Morgan fingerprint density at radius 2 is 1.96 bits per heavy atom. The number of carbonyl (C=O) groups excluding carboxylic acids is 2. The predicted octanol–water partition coefficient (Wildman–Crippen LogP) is 1.77. The number of anilines is 1. The summed E-state index contributed by atoms with van der Waals surface area (Å²) >= 11 is 0. The van der Waals surface area contributed by atoms with E-state index in [-0.39, 0.29) is 24.6 Å². The van der Waals surface area contributed by atoms with Gasteiger partial charge in [-0.3, -0.25) is 19.1 Å². The highest BCUT2D eigenvalue weighted by molar-refractivity contribution is 5.94. The molecule has 1 atom stereocenters. The van der Waals surface area contributed by atoms with Crippen LogP contribution >= 0.6 is 0 Å². The molecule has 0 unspecified atom stereocenters. The van der Waals surface area contributed by atoms with Gasteiger partial charge in [-0.25, -0.2) is 4.79 Å². The van der Waals surface area contributed by atoms with E-state index in [1.807, 2.05) is 38.4 Å². The molecular weight excluding hydrogens is 348 g/mol. The van der Waals surface area contributed by atoms with Crippen LogP contribution in [-0.4, -0.2) is 48.1 Å². The summed E-state index contributed by atoms with van der Waals surface area (Å²) < 4.78 is 9.13. The summed E-state index contributed by atoms with van der Waals surface area (Å²) in [6, 6.07) is 1.86. The maximum atomic E-state index is 12.6. The van der Waals surface area contributed by atoms with E-state index in [2.05, 4.69) is 10.2 Å². The highest BCUT2D eigenvalue weighted by Gasteiger charge is 2.35. The van der Waals surface area contributed by atoms with Crippen molar-refractivity contribution >= 4 is 17.7 Å². The highest BCUT2D eigenvalue weighted by atomic mass is 16.6. The zero-order valence-corrected chi connectivity index (χ0v) is 16.0. The molecule has 144 valence electrons. The number of nitrogens with zero attached hydrogens (tertiary/aromatic N) is 6. The highest BCUT2D eigenvalue weighted by Crippen LogP contribution is 2.30. The lowest BCUT2D eigenvalue weighted by molar-refractivity contribution is -0.120. The van der Waals surface area contributed by atoms with E-state index in [9.17, 15) is 9.59 Å². The van der Waals surface area contributed by atoms with Gasteiger partial charge in [-0.15, -0.1) is 0 Å². The van der Waals surface area contributed by atoms with Crippen LogP contribution < -0.4 is 4.90 Å². The first kappa shape index (κ1) is 17.6. The monoisotopic (exact) mass is 372 g/mol. The normalized spacial score (nSPS) is 19.7. The van der Waals surface area contributed by atoms with Crippen LogP contribution in [0, 0.1) is 0 Å². The lowest BCUT2D eigenvalue weighted by Crippen LogP contribution is -2.47. The predicted molar refractivity (Wildman–Crippen MR) is 96.9 cm³/mol. The maximum absolute atomic E-state index is 12.6. The van der Waals surface area contributed by atoms with Crippen LogP contribution in [0.3, 0.4) is 0 Å². The minimum absolute atomic E-state index is 0.0376. The number of fused-ring (bicyclic) bond motifs is 2. The molecule has 0 radical (unpaired) electrons.